The molecule has 0 spiro atoms. The zero-order valence-electron chi connectivity index (χ0n) is 25.5. The van der Waals surface area contributed by atoms with Gasteiger partial charge < -0.3 is 0 Å². The molecule has 0 radical (unpaired) electrons. The lowest BCUT2D eigenvalue weighted by Crippen LogP contribution is -2.09. The topological polar surface area (TPSA) is 17.8 Å². The van der Waals surface area contributed by atoms with Crippen molar-refractivity contribution in [2.24, 2.45) is 0 Å². The molecule has 0 saturated heterocycles. The van der Waals surface area contributed by atoms with Gasteiger partial charge in [0.05, 0.1) is 16.7 Å². The third-order valence-corrected chi connectivity index (χ3v) is 10.1. The molecule has 2 heterocycles. The first kappa shape index (κ1) is 26.9. The van der Waals surface area contributed by atoms with E-state index >= 15 is 0 Å². The van der Waals surface area contributed by atoms with Crippen LogP contribution < -0.4 is 0 Å². The zero-order chi connectivity index (χ0) is 29.9. The van der Waals surface area contributed by atoms with Crippen molar-refractivity contribution >= 4 is 53.3 Å². The Hall–Kier alpha value is -4.73. The SMILES string of the molecule is CC(C)c1cc(-c2ccccc2)cc(C(C)C)c1-n1c(-c2cccc3c2sc2ccccc23)nc2ccc3ccccc3c21. The third-order valence-electron chi connectivity index (χ3n) is 8.93. The maximum absolute atomic E-state index is 5.48. The van der Waals surface area contributed by atoms with E-state index in [2.05, 4.69) is 154 Å². The lowest BCUT2D eigenvalue weighted by atomic mass is 9.88. The maximum atomic E-state index is 5.48. The Bertz CT molecular complexity index is 2310. The van der Waals surface area contributed by atoms with Gasteiger partial charge in [-0.3, -0.25) is 4.57 Å². The van der Waals surface area contributed by atoms with Crippen LogP contribution in [0.4, 0.5) is 0 Å². The van der Waals surface area contributed by atoms with Crippen molar-refractivity contribution in [3.05, 3.63) is 132 Å². The van der Waals surface area contributed by atoms with E-state index in [1.807, 2.05) is 11.3 Å². The van der Waals surface area contributed by atoms with Crippen LogP contribution in [-0.4, -0.2) is 9.55 Å². The van der Waals surface area contributed by atoms with E-state index in [1.54, 1.807) is 0 Å². The third kappa shape index (κ3) is 4.18. The Morgan fingerprint density at radius 2 is 1.25 bits per heavy atom. The number of nitrogens with zero attached hydrogens (tertiary/aromatic N) is 2. The lowest BCUT2D eigenvalue weighted by Gasteiger charge is -2.25. The molecule has 8 aromatic rings. The van der Waals surface area contributed by atoms with Gasteiger partial charge in [-0.1, -0.05) is 119 Å². The number of aromatic nitrogens is 2. The highest BCUT2D eigenvalue weighted by molar-refractivity contribution is 7.26. The fraction of sp³-hybridized carbons (Fsp3) is 0.146. The van der Waals surface area contributed by atoms with Crippen LogP contribution in [0.5, 0.6) is 0 Å². The quantitative estimate of drug-likeness (QED) is 0.196. The number of thiophene rings is 1. The van der Waals surface area contributed by atoms with Gasteiger partial charge in [0.2, 0.25) is 0 Å². The monoisotopic (exact) mass is 586 g/mol. The second-order valence-electron chi connectivity index (χ2n) is 12.4. The summed E-state index contributed by atoms with van der Waals surface area (Å²) in [5, 5.41) is 5.05. The van der Waals surface area contributed by atoms with E-state index in [4.69, 9.17) is 4.98 Å². The summed E-state index contributed by atoms with van der Waals surface area (Å²) in [4.78, 5) is 5.48. The van der Waals surface area contributed by atoms with E-state index in [-0.39, 0.29) is 0 Å². The molecule has 8 rings (SSSR count). The van der Waals surface area contributed by atoms with Crippen LogP contribution in [0, 0.1) is 0 Å². The molecule has 0 atom stereocenters. The molecule has 0 N–H and O–H groups in total. The normalized spacial score (nSPS) is 12.0. The minimum absolute atomic E-state index is 0.312. The number of imidazole rings is 1. The number of benzene rings is 6. The summed E-state index contributed by atoms with van der Waals surface area (Å²) >= 11 is 1.87. The van der Waals surface area contributed by atoms with E-state index in [9.17, 15) is 0 Å². The summed E-state index contributed by atoms with van der Waals surface area (Å²) in [5.74, 6) is 1.63. The Balaban J connectivity index is 1.55. The van der Waals surface area contributed by atoms with Gasteiger partial charge in [0.1, 0.15) is 5.82 Å². The summed E-state index contributed by atoms with van der Waals surface area (Å²) in [5.41, 5.74) is 9.84. The van der Waals surface area contributed by atoms with Crippen LogP contribution in [-0.2, 0) is 0 Å². The van der Waals surface area contributed by atoms with Crippen molar-refractivity contribution in [3.8, 4) is 28.2 Å². The molecule has 0 amide bonds. The van der Waals surface area contributed by atoms with E-state index in [1.165, 1.54) is 70.0 Å². The molecule has 3 heteroatoms. The van der Waals surface area contributed by atoms with E-state index in [0.717, 1.165) is 11.3 Å². The highest BCUT2D eigenvalue weighted by Gasteiger charge is 2.26. The molecule has 0 aliphatic heterocycles. The van der Waals surface area contributed by atoms with Crippen molar-refractivity contribution in [2.45, 2.75) is 39.5 Å². The smallest absolute Gasteiger partial charge is 0.147 e. The summed E-state index contributed by atoms with van der Waals surface area (Å²) in [7, 11) is 0. The van der Waals surface area contributed by atoms with Crippen molar-refractivity contribution in [2.75, 3.05) is 0 Å². The molecule has 0 aliphatic carbocycles. The highest BCUT2D eigenvalue weighted by atomic mass is 32.1. The lowest BCUT2D eigenvalue weighted by molar-refractivity contribution is 0.812. The predicted molar refractivity (Wildman–Crippen MR) is 191 cm³/mol. The number of hydrogen-bond donors (Lipinski definition) is 0. The van der Waals surface area contributed by atoms with Gasteiger partial charge in [0.25, 0.3) is 0 Å². The number of fused-ring (bicyclic) bond motifs is 6. The Morgan fingerprint density at radius 1 is 0.591 bits per heavy atom. The largest absolute Gasteiger partial charge is 0.291 e. The molecular weight excluding hydrogens is 553 g/mol. The molecule has 214 valence electrons. The molecule has 6 aromatic carbocycles. The fourth-order valence-electron chi connectivity index (χ4n) is 6.78. The maximum Gasteiger partial charge on any atom is 0.147 e. The fourth-order valence-corrected chi connectivity index (χ4v) is 7.99. The van der Waals surface area contributed by atoms with Crippen LogP contribution in [0.25, 0.3) is 70.2 Å². The molecule has 0 bridgehead atoms. The van der Waals surface area contributed by atoms with Crippen molar-refractivity contribution < 1.29 is 0 Å². The first-order valence-corrected chi connectivity index (χ1v) is 16.4. The Kier molecular flexibility index (Phi) is 6.39. The van der Waals surface area contributed by atoms with Crippen LogP contribution >= 0.6 is 11.3 Å². The van der Waals surface area contributed by atoms with Crippen LogP contribution in [0.2, 0.25) is 0 Å². The first-order valence-electron chi connectivity index (χ1n) is 15.5. The summed E-state index contributed by atoms with van der Waals surface area (Å²) in [6.45, 7) is 9.28. The summed E-state index contributed by atoms with van der Waals surface area (Å²) in [6.07, 6.45) is 0. The van der Waals surface area contributed by atoms with E-state index < -0.39 is 0 Å². The van der Waals surface area contributed by atoms with Gasteiger partial charge in [-0.05, 0) is 69.8 Å². The summed E-state index contributed by atoms with van der Waals surface area (Å²) in [6, 6.07) is 44.3. The van der Waals surface area contributed by atoms with Crippen LogP contribution in [0.3, 0.4) is 0 Å². The molecule has 2 aromatic heterocycles. The van der Waals surface area contributed by atoms with E-state index in [0.29, 0.717) is 11.8 Å². The standard InChI is InChI=1S/C41H34N2S/c1-25(2)34-23-29(27-13-6-5-7-14-27)24-35(26(3)4)38(34)43-39-30-16-9-8-15-28(30)21-22-36(39)42-41(43)33-19-12-18-32-31-17-10-11-20-37(31)44-40(32)33/h5-26H,1-4H3. The first-order chi connectivity index (χ1) is 21.5. The molecule has 0 aliphatic rings. The van der Waals surface area contributed by atoms with Crippen molar-refractivity contribution in [1.82, 2.24) is 9.55 Å². The highest BCUT2D eigenvalue weighted by Crippen LogP contribution is 2.45. The van der Waals surface area contributed by atoms with Gasteiger partial charge in [0, 0.05) is 31.1 Å². The average molecular weight is 587 g/mol. The average Bonchev–Trinajstić information content (AvgIpc) is 3.63. The molecule has 0 saturated carbocycles. The number of hydrogen-bond acceptors (Lipinski definition) is 2. The molecular formula is C41H34N2S. The molecule has 0 fully saturated rings. The van der Waals surface area contributed by atoms with Gasteiger partial charge in [0.15, 0.2) is 0 Å². The van der Waals surface area contributed by atoms with Crippen LogP contribution in [0.15, 0.2) is 121 Å². The van der Waals surface area contributed by atoms with Gasteiger partial charge >= 0.3 is 0 Å². The van der Waals surface area contributed by atoms with Crippen LogP contribution in [0.1, 0.15) is 50.7 Å². The van der Waals surface area contributed by atoms with Crippen molar-refractivity contribution in [3.63, 3.8) is 0 Å². The Labute approximate surface area is 262 Å². The Morgan fingerprint density at radius 3 is 2.00 bits per heavy atom. The van der Waals surface area contributed by atoms with Crippen molar-refractivity contribution in [1.29, 1.82) is 0 Å². The molecule has 44 heavy (non-hydrogen) atoms. The number of rotatable bonds is 5. The second-order valence-corrected chi connectivity index (χ2v) is 13.4. The van der Waals surface area contributed by atoms with Gasteiger partial charge in [-0.15, -0.1) is 11.3 Å². The minimum Gasteiger partial charge on any atom is -0.291 e. The molecule has 0 unspecified atom stereocenters. The zero-order valence-corrected chi connectivity index (χ0v) is 26.3. The minimum atomic E-state index is 0.312. The summed E-state index contributed by atoms with van der Waals surface area (Å²) < 4.78 is 5.10. The molecule has 2 nitrogen and oxygen atoms in total. The van der Waals surface area contributed by atoms with Gasteiger partial charge in [-0.25, -0.2) is 4.98 Å². The second kappa shape index (κ2) is 10.5. The predicted octanol–water partition coefficient (Wildman–Crippen LogP) is 12.1. The van der Waals surface area contributed by atoms with Gasteiger partial charge in [-0.2, -0.15) is 0 Å².